The second-order valence-electron chi connectivity index (χ2n) is 10.3. The zero-order valence-electron chi connectivity index (χ0n) is 23.4. The summed E-state index contributed by atoms with van der Waals surface area (Å²) in [5, 5.41) is 7.72. The number of esters is 1. The van der Waals surface area contributed by atoms with Crippen molar-refractivity contribution < 1.29 is 37.5 Å². The van der Waals surface area contributed by atoms with E-state index in [4.69, 9.17) is 28.7 Å². The quantitative estimate of drug-likeness (QED) is 0.117. The summed E-state index contributed by atoms with van der Waals surface area (Å²) in [5.41, 5.74) is 0.0370. The summed E-state index contributed by atoms with van der Waals surface area (Å²) >= 11 is 0. The molecule has 5 atom stereocenters. The first-order chi connectivity index (χ1) is 18.8. The van der Waals surface area contributed by atoms with E-state index in [1.165, 1.54) is 70.3 Å². The maximum atomic E-state index is 12.7. The number of phosphoric acid groups is 1. The van der Waals surface area contributed by atoms with E-state index in [0.717, 1.165) is 19.3 Å². The van der Waals surface area contributed by atoms with Crippen molar-refractivity contribution >= 4 is 13.8 Å². The maximum absolute atomic E-state index is 12.7. The Morgan fingerprint density at radius 3 is 2.26 bits per heavy atom. The third-order valence-electron chi connectivity index (χ3n) is 7.08. The molecule has 1 aromatic rings. The molecule has 0 aliphatic carbocycles. The average molecular weight is 572 g/mol. The Labute approximate surface area is 231 Å². The van der Waals surface area contributed by atoms with Gasteiger partial charge < -0.3 is 19.1 Å². The number of carbonyl (C=O) groups excluding carboxylic acids is 1. The average Bonchev–Trinajstić information content (AvgIpc) is 3.41. The van der Waals surface area contributed by atoms with Gasteiger partial charge >= 0.3 is 19.8 Å². The van der Waals surface area contributed by atoms with Gasteiger partial charge in [-0.3, -0.25) is 23.8 Å². The molecule has 0 saturated carbocycles. The van der Waals surface area contributed by atoms with Crippen molar-refractivity contribution in [2.75, 3.05) is 13.2 Å². The Bertz CT molecular complexity index is 990. The zero-order valence-corrected chi connectivity index (χ0v) is 24.3. The zero-order chi connectivity index (χ0) is 28.1. The number of phosphoric ester groups is 1. The Morgan fingerprint density at radius 2 is 1.64 bits per heavy atom. The van der Waals surface area contributed by atoms with Crippen LogP contribution in [0.2, 0.25) is 0 Å². The minimum absolute atomic E-state index is 0.00948. The van der Waals surface area contributed by atoms with Crippen LogP contribution in [0.5, 0.6) is 6.01 Å². The van der Waals surface area contributed by atoms with E-state index < -0.39 is 32.4 Å². The molecule has 222 valence electrons. The van der Waals surface area contributed by atoms with Crippen LogP contribution < -0.4 is 10.2 Å². The molecule has 1 fully saturated rings. The van der Waals surface area contributed by atoms with E-state index in [0.29, 0.717) is 0 Å². The van der Waals surface area contributed by atoms with Crippen LogP contribution in [0.15, 0.2) is 12.3 Å². The van der Waals surface area contributed by atoms with Crippen LogP contribution >= 0.6 is 7.82 Å². The van der Waals surface area contributed by atoms with E-state index in [-0.39, 0.29) is 37.1 Å². The third-order valence-corrected chi connectivity index (χ3v) is 8.14. The molecular weight excluding hydrogens is 525 g/mol. The number of ether oxygens (including phenoxy) is 3. The van der Waals surface area contributed by atoms with E-state index in [1.54, 1.807) is 17.7 Å². The van der Waals surface area contributed by atoms with Crippen LogP contribution in [0.1, 0.15) is 110 Å². The van der Waals surface area contributed by atoms with Gasteiger partial charge in [-0.1, -0.05) is 84.0 Å². The second-order valence-corrected chi connectivity index (χ2v) is 11.7. The Balaban J connectivity index is 1.39. The molecule has 11 nitrogen and oxygen atoms in total. The van der Waals surface area contributed by atoms with Gasteiger partial charge in [0.2, 0.25) is 0 Å². The Morgan fingerprint density at radius 1 is 1.03 bits per heavy atom. The summed E-state index contributed by atoms with van der Waals surface area (Å²) in [4.78, 5) is 26.6. The number of nitrogens with zero attached hydrogens (tertiary/aromatic N) is 2. The molecule has 3 rings (SSSR count). The van der Waals surface area contributed by atoms with Crippen molar-refractivity contribution in [2.45, 2.75) is 128 Å². The Kier molecular flexibility index (Phi) is 13.4. The molecule has 2 N–H and O–H groups in total. The SMILES string of the molecule is CCCCCCCCCCCCCCCC(=O)OC1C(COP(=O)(O)OCC)OC2C1Oc1nc(=N)ccn12. The molecule has 3 heterocycles. The lowest BCUT2D eigenvalue weighted by Crippen LogP contribution is -2.39. The molecule has 1 saturated heterocycles. The van der Waals surface area contributed by atoms with Crippen LogP contribution in [-0.2, 0) is 27.9 Å². The molecule has 2 aliphatic heterocycles. The van der Waals surface area contributed by atoms with Crippen molar-refractivity contribution in [1.82, 2.24) is 9.55 Å². The van der Waals surface area contributed by atoms with Gasteiger partial charge in [0.15, 0.2) is 23.9 Å². The predicted octanol–water partition coefficient (Wildman–Crippen LogP) is 5.57. The highest BCUT2D eigenvalue weighted by Gasteiger charge is 2.54. The van der Waals surface area contributed by atoms with Gasteiger partial charge in [-0.05, 0) is 19.4 Å². The number of hydrogen-bond donors (Lipinski definition) is 2. The van der Waals surface area contributed by atoms with Crippen molar-refractivity contribution in [3.63, 3.8) is 0 Å². The summed E-state index contributed by atoms with van der Waals surface area (Å²) in [6.45, 7) is 3.52. The smallest absolute Gasteiger partial charge is 0.455 e. The van der Waals surface area contributed by atoms with Crippen molar-refractivity contribution in [1.29, 1.82) is 5.41 Å². The number of hydrogen-bond acceptors (Lipinski definition) is 9. The molecule has 2 aliphatic rings. The first kappa shape index (κ1) is 31.7. The second kappa shape index (κ2) is 16.5. The van der Waals surface area contributed by atoms with E-state index in [2.05, 4.69) is 11.9 Å². The van der Waals surface area contributed by atoms with Gasteiger partial charge in [0.25, 0.3) is 0 Å². The van der Waals surface area contributed by atoms with E-state index >= 15 is 0 Å². The van der Waals surface area contributed by atoms with Gasteiger partial charge in [-0.2, -0.15) is 4.98 Å². The van der Waals surface area contributed by atoms with Gasteiger partial charge in [0, 0.05) is 12.6 Å². The summed E-state index contributed by atoms with van der Waals surface area (Å²) in [6.07, 6.45) is 14.7. The summed E-state index contributed by atoms with van der Waals surface area (Å²) < 4.78 is 41.1. The van der Waals surface area contributed by atoms with Gasteiger partial charge in [-0.25, -0.2) is 4.57 Å². The van der Waals surface area contributed by atoms with Crippen LogP contribution in [0.3, 0.4) is 0 Å². The molecule has 0 spiro atoms. The lowest BCUT2D eigenvalue weighted by Gasteiger charge is -2.22. The monoisotopic (exact) mass is 571 g/mol. The van der Waals surface area contributed by atoms with Crippen molar-refractivity contribution in [3.05, 3.63) is 17.8 Å². The van der Waals surface area contributed by atoms with Crippen LogP contribution in [0, 0.1) is 5.41 Å². The lowest BCUT2D eigenvalue weighted by molar-refractivity contribution is -0.156. The first-order valence-corrected chi connectivity index (χ1v) is 16.1. The lowest BCUT2D eigenvalue weighted by atomic mass is 10.0. The first-order valence-electron chi connectivity index (χ1n) is 14.6. The molecule has 0 aromatic carbocycles. The minimum Gasteiger partial charge on any atom is -0.455 e. The number of carbonyl (C=O) groups is 1. The predicted molar refractivity (Wildman–Crippen MR) is 144 cm³/mol. The number of nitrogens with one attached hydrogen (secondary N) is 1. The molecule has 12 heteroatoms. The third kappa shape index (κ3) is 10.3. The molecule has 1 aromatic heterocycles. The fourth-order valence-electron chi connectivity index (χ4n) is 5.02. The van der Waals surface area contributed by atoms with Gasteiger partial charge in [0.1, 0.15) is 6.10 Å². The molecule has 5 unspecified atom stereocenters. The standard InChI is InChI=1S/C27H46N3O8P/c1-3-5-6-7-8-9-10-11-12-13-14-15-16-17-23(31)37-24-21(20-35-39(32,33)34-4-2)36-26-25(24)38-27-29-22(28)18-19-30(26)27/h18-19,21,24-26,28H,3-17,20H2,1-2H3,(H,32,33). The normalized spacial score (nSPS) is 23.2. The number of aromatic nitrogens is 2. The summed E-state index contributed by atoms with van der Waals surface area (Å²) in [7, 11) is -4.26. The summed E-state index contributed by atoms with van der Waals surface area (Å²) in [5.74, 6) is -0.381. The summed E-state index contributed by atoms with van der Waals surface area (Å²) in [6, 6.07) is 1.69. The van der Waals surface area contributed by atoms with E-state index in [9.17, 15) is 14.3 Å². The van der Waals surface area contributed by atoms with Crippen molar-refractivity contribution in [3.8, 4) is 6.01 Å². The molecule has 0 radical (unpaired) electrons. The maximum Gasteiger partial charge on any atom is 0.472 e. The molecule has 0 bridgehead atoms. The van der Waals surface area contributed by atoms with Gasteiger partial charge in [0.05, 0.1) is 13.2 Å². The fourth-order valence-corrected chi connectivity index (χ4v) is 5.75. The number of rotatable bonds is 20. The van der Waals surface area contributed by atoms with Crippen molar-refractivity contribution in [2.24, 2.45) is 0 Å². The highest BCUT2D eigenvalue weighted by Crippen LogP contribution is 2.46. The highest BCUT2D eigenvalue weighted by atomic mass is 31.2. The fraction of sp³-hybridized carbons (Fsp3) is 0.815. The van der Waals surface area contributed by atoms with Crippen LogP contribution in [0.4, 0.5) is 0 Å². The van der Waals surface area contributed by atoms with Crippen LogP contribution in [-0.4, -0.2) is 51.9 Å². The Hall–Kier alpha value is -1.78. The molecular formula is C27H46N3O8P. The number of unbranched alkanes of at least 4 members (excludes halogenated alkanes) is 12. The largest absolute Gasteiger partial charge is 0.472 e. The van der Waals surface area contributed by atoms with E-state index in [1.807, 2.05) is 0 Å². The van der Waals surface area contributed by atoms with Crippen LogP contribution in [0.25, 0.3) is 0 Å². The van der Waals surface area contributed by atoms with Gasteiger partial charge in [-0.15, -0.1) is 0 Å². The highest BCUT2D eigenvalue weighted by molar-refractivity contribution is 7.47. The topological polar surface area (TPSA) is 142 Å². The molecule has 0 amide bonds. The minimum atomic E-state index is -4.26. The number of fused-ring (bicyclic) bond motifs is 3. The molecule has 39 heavy (non-hydrogen) atoms.